The van der Waals surface area contributed by atoms with Crippen LogP contribution in [0.2, 0.25) is 0 Å². The molecule has 0 unspecified atom stereocenters. The molecule has 1 aliphatic heterocycles. The predicted octanol–water partition coefficient (Wildman–Crippen LogP) is 2.55. The number of sulfonamides is 1. The second-order valence-electron chi connectivity index (χ2n) is 7.76. The van der Waals surface area contributed by atoms with Crippen molar-refractivity contribution in [1.82, 2.24) is 18.8 Å². The minimum absolute atomic E-state index is 0.0181. The molecule has 1 amide bonds. The summed E-state index contributed by atoms with van der Waals surface area (Å²) in [7, 11) is -1.90. The fourth-order valence-corrected chi connectivity index (χ4v) is 5.21. The Labute approximate surface area is 183 Å². The van der Waals surface area contributed by atoms with Crippen LogP contribution in [0.5, 0.6) is 0 Å². The summed E-state index contributed by atoms with van der Waals surface area (Å²) >= 11 is 0. The molecular formula is C23H26N4O3S. The van der Waals surface area contributed by atoms with Gasteiger partial charge in [0, 0.05) is 39.4 Å². The Hall–Kier alpha value is -2.97. The topological polar surface area (TPSA) is 75.5 Å². The van der Waals surface area contributed by atoms with Gasteiger partial charge in [0.1, 0.15) is 0 Å². The van der Waals surface area contributed by atoms with E-state index in [9.17, 15) is 13.2 Å². The molecule has 2 aromatic carbocycles. The van der Waals surface area contributed by atoms with Crippen molar-refractivity contribution in [2.45, 2.75) is 17.9 Å². The van der Waals surface area contributed by atoms with Crippen LogP contribution >= 0.6 is 0 Å². The van der Waals surface area contributed by atoms with Gasteiger partial charge < -0.3 is 9.47 Å². The molecule has 0 spiro atoms. The van der Waals surface area contributed by atoms with Crippen molar-refractivity contribution in [1.29, 1.82) is 0 Å². The fraction of sp³-hybridized carbons (Fsp3) is 0.304. The number of rotatable bonds is 5. The van der Waals surface area contributed by atoms with Gasteiger partial charge in [-0.25, -0.2) is 13.4 Å². The monoisotopic (exact) mass is 438 g/mol. The van der Waals surface area contributed by atoms with Crippen LogP contribution in [-0.2, 0) is 28.3 Å². The van der Waals surface area contributed by atoms with Gasteiger partial charge in [-0.2, -0.15) is 4.31 Å². The van der Waals surface area contributed by atoms with Crippen molar-refractivity contribution < 1.29 is 13.2 Å². The van der Waals surface area contributed by atoms with Crippen molar-refractivity contribution in [3.8, 4) is 11.1 Å². The second-order valence-corrected chi connectivity index (χ2v) is 9.64. The standard InChI is InChI=1S/C23H26N4O3S/c1-25-17-22(24-18-25)31(29,30)27-13-5-12-26(14-15-27)23(28)16-19-8-10-21(11-9-19)20-6-3-2-4-7-20/h2-4,6-11,17-18H,5,12-16H2,1H3. The van der Waals surface area contributed by atoms with Crippen molar-refractivity contribution in [3.63, 3.8) is 0 Å². The van der Waals surface area contributed by atoms with Crippen LogP contribution in [0.25, 0.3) is 11.1 Å². The molecule has 8 heteroatoms. The van der Waals surface area contributed by atoms with Gasteiger partial charge in [-0.3, -0.25) is 4.79 Å². The molecule has 1 fully saturated rings. The van der Waals surface area contributed by atoms with E-state index in [0.717, 1.165) is 16.7 Å². The number of aromatic nitrogens is 2. The predicted molar refractivity (Wildman–Crippen MR) is 119 cm³/mol. The third-order valence-corrected chi connectivity index (χ3v) is 7.29. The average molecular weight is 439 g/mol. The summed E-state index contributed by atoms with van der Waals surface area (Å²) in [5.74, 6) is 0.0181. The Kier molecular flexibility index (Phi) is 6.20. The molecular weight excluding hydrogens is 412 g/mol. The van der Waals surface area contributed by atoms with E-state index in [-0.39, 0.29) is 17.5 Å². The highest BCUT2D eigenvalue weighted by Gasteiger charge is 2.29. The average Bonchev–Trinajstić information content (AvgIpc) is 3.07. The lowest BCUT2D eigenvalue weighted by Crippen LogP contribution is -2.38. The molecule has 2 heterocycles. The lowest BCUT2D eigenvalue weighted by molar-refractivity contribution is -0.130. The summed E-state index contributed by atoms with van der Waals surface area (Å²) < 4.78 is 28.7. The maximum Gasteiger partial charge on any atom is 0.262 e. The molecule has 4 rings (SSSR count). The van der Waals surface area contributed by atoms with Crippen LogP contribution in [0.4, 0.5) is 0 Å². The van der Waals surface area contributed by atoms with Gasteiger partial charge >= 0.3 is 0 Å². The van der Waals surface area contributed by atoms with Gasteiger partial charge in [-0.15, -0.1) is 0 Å². The number of benzene rings is 2. The molecule has 0 N–H and O–H groups in total. The normalized spacial score (nSPS) is 15.6. The highest BCUT2D eigenvalue weighted by atomic mass is 32.2. The van der Waals surface area contributed by atoms with E-state index in [2.05, 4.69) is 17.1 Å². The molecule has 0 bridgehead atoms. The third kappa shape index (κ3) is 4.86. The van der Waals surface area contributed by atoms with Crippen LogP contribution in [0.1, 0.15) is 12.0 Å². The number of nitrogens with zero attached hydrogens (tertiary/aromatic N) is 4. The second kappa shape index (κ2) is 9.03. The zero-order valence-electron chi connectivity index (χ0n) is 17.5. The molecule has 1 saturated heterocycles. The Morgan fingerprint density at radius 2 is 1.65 bits per heavy atom. The molecule has 0 radical (unpaired) electrons. The molecule has 0 atom stereocenters. The van der Waals surface area contributed by atoms with Crippen LogP contribution in [0.15, 0.2) is 72.1 Å². The molecule has 0 saturated carbocycles. The first-order valence-electron chi connectivity index (χ1n) is 10.3. The molecule has 1 aliphatic rings. The number of amides is 1. The summed E-state index contributed by atoms with van der Waals surface area (Å²) in [5.41, 5.74) is 3.20. The van der Waals surface area contributed by atoms with E-state index in [0.29, 0.717) is 32.5 Å². The van der Waals surface area contributed by atoms with E-state index < -0.39 is 10.0 Å². The van der Waals surface area contributed by atoms with Crippen LogP contribution in [0.3, 0.4) is 0 Å². The first kappa shape index (κ1) is 21.3. The maximum absolute atomic E-state index is 12.8. The number of imidazole rings is 1. The van der Waals surface area contributed by atoms with Crippen LogP contribution in [0, 0.1) is 0 Å². The minimum atomic E-state index is -3.64. The number of aryl methyl sites for hydroxylation is 1. The van der Waals surface area contributed by atoms with Gasteiger partial charge in [-0.1, -0.05) is 54.6 Å². The van der Waals surface area contributed by atoms with Crippen molar-refractivity contribution in [3.05, 3.63) is 72.7 Å². The molecule has 7 nitrogen and oxygen atoms in total. The molecule has 0 aliphatic carbocycles. The van der Waals surface area contributed by atoms with Crippen LogP contribution < -0.4 is 0 Å². The lowest BCUT2D eigenvalue weighted by atomic mass is 10.0. The van der Waals surface area contributed by atoms with Crippen LogP contribution in [-0.4, -0.2) is 59.3 Å². The van der Waals surface area contributed by atoms with Crippen molar-refractivity contribution in [2.24, 2.45) is 7.05 Å². The Morgan fingerprint density at radius 1 is 0.935 bits per heavy atom. The highest BCUT2D eigenvalue weighted by Crippen LogP contribution is 2.20. The zero-order chi connectivity index (χ0) is 21.8. The summed E-state index contributed by atoms with van der Waals surface area (Å²) in [6.07, 6.45) is 3.89. The molecule has 1 aromatic heterocycles. The Bertz CT molecular complexity index is 1140. The maximum atomic E-state index is 12.8. The van der Waals surface area contributed by atoms with Crippen molar-refractivity contribution >= 4 is 15.9 Å². The van der Waals surface area contributed by atoms with E-state index in [1.807, 2.05) is 42.5 Å². The largest absolute Gasteiger partial charge is 0.341 e. The zero-order valence-corrected chi connectivity index (χ0v) is 18.3. The van der Waals surface area contributed by atoms with Gasteiger partial charge in [-0.05, 0) is 23.1 Å². The third-order valence-electron chi connectivity index (χ3n) is 5.51. The summed E-state index contributed by atoms with van der Waals surface area (Å²) in [6.45, 7) is 1.59. The minimum Gasteiger partial charge on any atom is -0.341 e. The van der Waals surface area contributed by atoms with Gasteiger partial charge in [0.05, 0.1) is 12.7 Å². The molecule has 31 heavy (non-hydrogen) atoms. The van der Waals surface area contributed by atoms with E-state index in [1.165, 1.54) is 16.8 Å². The van der Waals surface area contributed by atoms with Gasteiger partial charge in [0.2, 0.25) is 5.91 Å². The summed E-state index contributed by atoms with van der Waals surface area (Å²) in [4.78, 5) is 18.6. The fourth-order valence-electron chi connectivity index (χ4n) is 3.77. The summed E-state index contributed by atoms with van der Waals surface area (Å²) in [6, 6.07) is 18.1. The van der Waals surface area contributed by atoms with E-state index in [1.54, 1.807) is 16.5 Å². The number of hydrogen-bond donors (Lipinski definition) is 0. The summed E-state index contributed by atoms with van der Waals surface area (Å²) in [5, 5.41) is 0.0493. The van der Waals surface area contributed by atoms with E-state index in [4.69, 9.17) is 0 Å². The van der Waals surface area contributed by atoms with Gasteiger partial charge in [0.25, 0.3) is 10.0 Å². The Balaban J connectivity index is 1.38. The number of carbonyl (C=O) groups is 1. The van der Waals surface area contributed by atoms with Gasteiger partial charge in [0.15, 0.2) is 5.03 Å². The Morgan fingerprint density at radius 3 is 2.32 bits per heavy atom. The molecule has 3 aromatic rings. The first-order valence-corrected chi connectivity index (χ1v) is 11.8. The lowest BCUT2D eigenvalue weighted by Gasteiger charge is -2.21. The first-order chi connectivity index (χ1) is 14.9. The van der Waals surface area contributed by atoms with Crippen molar-refractivity contribution in [2.75, 3.05) is 26.2 Å². The SMILES string of the molecule is Cn1cnc(S(=O)(=O)N2CCCN(C(=O)Cc3ccc(-c4ccccc4)cc3)CC2)c1. The molecule has 162 valence electrons. The number of carbonyl (C=O) groups excluding carboxylic acids is 1. The smallest absolute Gasteiger partial charge is 0.262 e. The quantitative estimate of drug-likeness (QED) is 0.614. The van der Waals surface area contributed by atoms with E-state index >= 15 is 0 Å². The number of hydrogen-bond acceptors (Lipinski definition) is 4. The highest BCUT2D eigenvalue weighted by molar-refractivity contribution is 7.89.